The lowest BCUT2D eigenvalue weighted by Gasteiger charge is -2.21. The van der Waals surface area contributed by atoms with E-state index in [2.05, 4.69) is 0 Å². The highest BCUT2D eigenvalue weighted by Gasteiger charge is 2.21. The fourth-order valence-corrected chi connectivity index (χ4v) is 1.48. The number of halogens is 2. The average Bonchev–Trinajstić information content (AvgIpc) is 2.20. The number of aliphatic hydroxyl groups excluding tert-OH is 2. The Bertz CT molecular complexity index is 353. The van der Waals surface area contributed by atoms with E-state index in [0.29, 0.717) is 0 Å². The lowest BCUT2D eigenvalue weighted by molar-refractivity contribution is -0.00769. The molecule has 0 amide bonds. The second kappa shape index (κ2) is 5.37. The summed E-state index contributed by atoms with van der Waals surface area (Å²) in [6.07, 6.45) is -1.98. The number of hydrogen-bond acceptors (Lipinski definition) is 2. The molecule has 1 rings (SSSR count). The third kappa shape index (κ3) is 3.25. The van der Waals surface area contributed by atoms with Crippen LogP contribution in [0.1, 0.15) is 19.4 Å². The lowest BCUT2D eigenvalue weighted by Crippen LogP contribution is -2.32. The van der Waals surface area contributed by atoms with Gasteiger partial charge in [0.15, 0.2) is 0 Å². The van der Waals surface area contributed by atoms with Gasteiger partial charge in [-0.1, -0.05) is 19.9 Å². The molecule has 2 nitrogen and oxygen atoms in total. The van der Waals surface area contributed by atoms with Crippen LogP contribution in [0.3, 0.4) is 0 Å². The summed E-state index contributed by atoms with van der Waals surface area (Å²) in [7, 11) is 0. The van der Waals surface area contributed by atoms with Gasteiger partial charge in [0.1, 0.15) is 11.6 Å². The summed E-state index contributed by atoms with van der Waals surface area (Å²) in [5.41, 5.74) is 0.202. The quantitative estimate of drug-likeness (QED) is 0.829. The maximum atomic E-state index is 13.2. The van der Waals surface area contributed by atoms with E-state index in [9.17, 15) is 19.0 Å². The summed E-state index contributed by atoms with van der Waals surface area (Å²) in [5, 5.41) is 19.2. The highest BCUT2D eigenvalue weighted by molar-refractivity contribution is 5.19. The van der Waals surface area contributed by atoms with Crippen LogP contribution in [0.4, 0.5) is 8.78 Å². The molecule has 2 N–H and O–H groups in total. The minimum Gasteiger partial charge on any atom is -0.390 e. The Kier molecular flexibility index (Phi) is 4.38. The minimum atomic E-state index is -1.04. The summed E-state index contributed by atoms with van der Waals surface area (Å²) in [4.78, 5) is 0. The Morgan fingerprint density at radius 2 is 1.81 bits per heavy atom. The van der Waals surface area contributed by atoms with Crippen LogP contribution >= 0.6 is 0 Å². The van der Waals surface area contributed by atoms with E-state index < -0.39 is 23.8 Å². The van der Waals surface area contributed by atoms with Crippen LogP contribution in [0.2, 0.25) is 0 Å². The molecule has 0 aliphatic rings. The Labute approximate surface area is 93.5 Å². The summed E-state index contributed by atoms with van der Waals surface area (Å²) in [6, 6.07) is 3.18. The van der Waals surface area contributed by atoms with Crippen molar-refractivity contribution in [3.63, 3.8) is 0 Å². The lowest BCUT2D eigenvalue weighted by atomic mass is 9.96. The molecule has 2 atom stereocenters. The van der Waals surface area contributed by atoms with Gasteiger partial charge in [0, 0.05) is 12.5 Å². The fourth-order valence-electron chi connectivity index (χ4n) is 1.48. The summed E-state index contributed by atoms with van der Waals surface area (Å²) >= 11 is 0. The maximum Gasteiger partial charge on any atom is 0.129 e. The van der Waals surface area contributed by atoms with Crippen molar-refractivity contribution in [1.82, 2.24) is 0 Å². The number of aliphatic hydroxyl groups is 2. The van der Waals surface area contributed by atoms with Gasteiger partial charge in [-0.2, -0.15) is 0 Å². The molecule has 1 aromatic rings. The van der Waals surface area contributed by atoms with Gasteiger partial charge in [0.05, 0.1) is 12.2 Å². The summed E-state index contributed by atoms with van der Waals surface area (Å²) in [6.45, 7) is 3.52. The Morgan fingerprint density at radius 3 is 2.31 bits per heavy atom. The molecule has 0 fully saturated rings. The SMILES string of the molecule is CC(C)C(O)C(O)Cc1ccc(F)cc1F. The molecular weight excluding hydrogens is 214 g/mol. The molecule has 0 spiro atoms. The first-order valence-electron chi connectivity index (χ1n) is 5.22. The van der Waals surface area contributed by atoms with Gasteiger partial charge < -0.3 is 10.2 Å². The highest BCUT2D eigenvalue weighted by atomic mass is 19.1. The van der Waals surface area contributed by atoms with Crippen molar-refractivity contribution in [2.75, 3.05) is 0 Å². The Balaban J connectivity index is 2.73. The van der Waals surface area contributed by atoms with E-state index in [1.807, 2.05) is 0 Å². The van der Waals surface area contributed by atoms with Crippen LogP contribution in [-0.2, 0) is 6.42 Å². The average molecular weight is 230 g/mol. The van der Waals surface area contributed by atoms with E-state index in [4.69, 9.17) is 0 Å². The predicted octanol–water partition coefficient (Wildman–Crippen LogP) is 1.89. The minimum absolute atomic E-state index is 0.0224. The molecule has 16 heavy (non-hydrogen) atoms. The van der Waals surface area contributed by atoms with Crippen LogP contribution in [0.15, 0.2) is 18.2 Å². The van der Waals surface area contributed by atoms with Crippen molar-refractivity contribution >= 4 is 0 Å². The van der Waals surface area contributed by atoms with Crippen molar-refractivity contribution < 1.29 is 19.0 Å². The van der Waals surface area contributed by atoms with Gasteiger partial charge in [0.25, 0.3) is 0 Å². The molecule has 4 heteroatoms. The third-order valence-electron chi connectivity index (χ3n) is 2.52. The van der Waals surface area contributed by atoms with Gasteiger partial charge >= 0.3 is 0 Å². The van der Waals surface area contributed by atoms with Crippen LogP contribution in [0.25, 0.3) is 0 Å². The molecule has 0 radical (unpaired) electrons. The zero-order valence-electron chi connectivity index (χ0n) is 9.32. The van der Waals surface area contributed by atoms with Gasteiger partial charge in [-0.25, -0.2) is 8.78 Å². The van der Waals surface area contributed by atoms with Crippen molar-refractivity contribution in [3.05, 3.63) is 35.4 Å². The van der Waals surface area contributed by atoms with E-state index in [1.54, 1.807) is 13.8 Å². The number of rotatable bonds is 4. The summed E-state index contributed by atoms with van der Waals surface area (Å²) in [5.74, 6) is -1.46. The second-order valence-corrected chi connectivity index (χ2v) is 4.24. The molecule has 0 aromatic heterocycles. The number of hydrogen-bond donors (Lipinski definition) is 2. The normalized spacial score (nSPS) is 15.2. The number of benzene rings is 1. The molecule has 0 saturated heterocycles. The molecule has 0 heterocycles. The van der Waals surface area contributed by atoms with Gasteiger partial charge in [-0.3, -0.25) is 0 Å². The maximum absolute atomic E-state index is 13.2. The van der Waals surface area contributed by atoms with E-state index in [1.165, 1.54) is 6.07 Å². The molecule has 2 unspecified atom stereocenters. The molecule has 0 bridgehead atoms. The summed E-state index contributed by atoms with van der Waals surface area (Å²) < 4.78 is 25.9. The third-order valence-corrected chi connectivity index (χ3v) is 2.52. The smallest absolute Gasteiger partial charge is 0.129 e. The van der Waals surface area contributed by atoms with Crippen LogP contribution in [0, 0.1) is 17.6 Å². The van der Waals surface area contributed by atoms with Crippen molar-refractivity contribution in [3.8, 4) is 0 Å². The first kappa shape index (κ1) is 13.1. The molecule has 0 saturated carbocycles. The van der Waals surface area contributed by atoms with Crippen LogP contribution in [-0.4, -0.2) is 22.4 Å². The Hall–Kier alpha value is -1.00. The molecule has 0 aliphatic heterocycles. The van der Waals surface area contributed by atoms with Crippen molar-refractivity contribution in [2.24, 2.45) is 5.92 Å². The monoisotopic (exact) mass is 230 g/mol. The molecular formula is C12H16F2O2. The van der Waals surface area contributed by atoms with Gasteiger partial charge in [-0.05, 0) is 17.5 Å². The van der Waals surface area contributed by atoms with Gasteiger partial charge in [0.2, 0.25) is 0 Å². The van der Waals surface area contributed by atoms with Crippen LogP contribution < -0.4 is 0 Å². The standard InChI is InChI=1S/C12H16F2O2/c1-7(2)12(16)11(15)5-8-3-4-9(13)6-10(8)14/h3-4,6-7,11-12,15-16H,5H2,1-2H3. The fraction of sp³-hybridized carbons (Fsp3) is 0.500. The van der Waals surface area contributed by atoms with Crippen molar-refractivity contribution in [2.45, 2.75) is 32.5 Å². The largest absolute Gasteiger partial charge is 0.390 e. The van der Waals surface area contributed by atoms with E-state index in [0.717, 1.165) is 12.1 Å². The topological polar surface area (TPSA) is 40.5 Å². The zero-order valence-corrected chi connectivity index (χ0v) is 9.32. The van der Waals surface area contributed by atoms with Gasteiger partial charge in [-0.15, -0.1) is 0 Å². The highest BCUT2D eigenvalue weighted by Crippen LogP contribution is 2.15. The molecule has 1 aromatic carbocycles. The first-order valence-corrected chi connectivity index (χ1v) is 5.22. The van der Waals surface area contributed by atoms with Crippen molar-refractivity contribution in [1.29, 1.82) is 0 Å². The second-order valence-electron chi connectivity index (χ2n) is 4.24. The van der Waals surface area contributed by atoms with E-state index in [-0.39, 0.29) is 17.9 Å². The predicted molar refractivity (Wildman–Crippen MR) is 56.9 cm³/mol. The van der Waals surface area contributed by atoms with E-state index >= 15 is 0 Å². The Morgan fingerprint density at radius 1 is 1.19 bits per heavy atom. The first-order chi connectivity index (χ1) is 7.41. The molecule has 90 valence electrons. The molecule has 0 aliphatic carbocycles. The zero-order chi connectivity index (χ0) is 12.3. The van der Waals surface area contributed by atoms with Crippen LogP contribution in [0.5, 0.6) is 0 Å².